The maximum absolute atomic E-state index is 13.9. The highest BCUT2D eigenvalue weighted by Crippen LogP contribution is 2.29. The van der Waals surface area contributed by atoms with Crippen molar-refractivity contribution in [3.05, 3.63) is 52.0 Å². The molecule has 8 heteroatoms. The van der Waals surface area contributed by atoms with Crippen LogP contribution in [0, 0.1) is 23.3 Å². The van der Waals surface area contributed by atoms with Gasteiger partial charge in [-0.2, -0.15) is 0 Å². The zero-order valence-electron chi connectivity index (χ0n) is 10.2. The van der Waals surface area contributed by atoms with Gasteiger partial charge in [-0.15, -0.1) is 0 Å². The van der Waals surface area contributed by atoms with E-state index in [1.165, 1.54) is 6.07 Å². The average molecular weight is 360 g/mol. The van der Waals surface area contributed by atoms with Gasteiger partial charge >= 0.3 is 0 Å². The summed E-state index contributed by atoms with van der Waals surface area (Å²) < 4.78 is 55.1. The van der Waals surface area contributed by atoms with Crippen LogP contribution in [0.5, 0.6) is 0 Å². The normalized spacial score (nSPS) is 11.3. The van der Waals surface area contributed by atoms with Crippen LogP contribution in [0.25, 0.3) is 16.7 Å². The molecule has 0 aliphatic carbocycles. The maximum Gasteiger partial charge on any atom is 0.206 e. The van der Waals surface area contributed by atoms with Gasteiger partial charge in [0.15, 0.2) is 17.5 Å². The summed E-state index contributed by atoms with van der Waals surface area (Å²) in [6.07, 6.45) is 0. The highest BCUT2D eigenvalue weighted by molar-refractivity contribution is 9.10. The zero-order valence-corrected chi connectivity index (χ0v) is 11.8. The van der Waals surface area contributed by atoms with Gasteiger partial charge in [-0.05, 0) is 34.1 Å². The second kappa shape index (κ2) is 4.73. The molecule has 0 aliphatic rings. The van der Waals surface area contributed by atoms with Crippen LogP contribution in [0.15, 0.2) is 28.7 Å². The van der Waals surface area contributed by atoms with Crippen LogP contribution in [-0.4, -0.2) is 9.55 Å². The number of anilines is 1. The van der Waals surface area contributed by atoms with Gasteiger partial charge in [0.2, 0.25) is 5.95 Å². The Labute approximate surface area is 124 Å². The number of benzene rings is 2. The van der Waals surface area contributed by atoms with E-state index in [2.05, 4.69) is 20.9 Å². The molecule has 1 aromatic heterocycles. The number of aromatic nitrogens is 2. The minimum atomic E-state index is -1.63. The van der Waals surface area contributed by atoms with E-state index < -0.39 is 23.3 Å². The van der Waals surface area contributed by atoms with Gasteiger partial charge in [0.1, 0.15) is 5.82 Å². The van der Waals surface area contributed by atoms with Crippen molar-refractivity contribution in [1.82, 2.24) is 9.55 Å². The third-order valence-electron chi connectivity index (χ3n) is 2.98. The van der Waals surface area contributed by atoms with E-state index in [0.717, 1.165) is 22.8 Å². The minimum absolute atomic E-state index is 0.137. The van der Waals surface area contributed by atoms with Crippen LogP contribution in [0.4, 0.5) is 23.5 Å². The molecule has 0 bridgehead atoms. The fraction of sp³-hybridized carbons (Fsp3) is 0. The van der Waals surface area contributed by atoms with Crippen molar-refractivity contribution in [2.24, 2.45) is 0 Å². The Balaban J connectivity index is 2.38. The molecule has 0 fully saturated rings. The summed E-state index contributed by atoms with van der Waals surface area (Å²) in [6.45, 7) is 0. The van der Waals surface area contributed by atoms with Gasteiger partial charge in [0.05, 0.1) is 21.2 Å². The third-order valence-corrected chi connectivity index (χ3v) is 3.59. The Morgan fingerprint density at radius 1 is 1.00 bits per heavy atom. The van der Waals surface area contributed by atoms with E-state index in [-0.39, 0.29) is 27.1 Å². The molecule has 0 aliphatic heterocycles. The van der Waals surface area contributed by atoms with Crippen molar-refractivity contribution in [2.45, 2.75) is 0 Å². The van der Waals surface area contributed by atoms with Crippen molar-refractivity contribution in [2.75, 3.05) is 5.73 Å². The first-order valence-corrected chi connectivity index (χ1v) is 6.46. The second-order valence-corrected chi connectivity index (χ2v) is 5.11. The molecule has 2 aromatic carbocycles. The third kappa shape index (κ3) is 2.06. The van der Waals surface area contributed by atoms with Crippen LogP contribution < -0.4 is 5.73 Å². The Hall–Kier alpha value is -2.09. The lowest BCUT2D eigenvalue weighted by molar-refractivity contribution is 0.445. The van der Waals surface area contributed by atoms with Gasteiger partial charge in [-0.3, -0.25) is 4.57 Å². The fourth-order valence-corrected chi connectivity index (χ4v) is 2.36. The first-order chi connectivity index (χ1) is 9.90. The number of nitrogens with zero attached hydrogens (tertiary/aromatic N) is 2. The summed E-state index contributed by atoms with van der Waals surface area (Å²) in [5.41, 5.74) is 5.74. The van der Waals surface area contributed by atoms with Crippen LogP contribution in [-0.2, 0) is 0 Å². The molecule has 0 amide bonds. The van der Waals surface area contributed by atoms with E-state index >= 15 is 0 Å². The van der Waals surface area contributed by atoms with Crippen molar-refractivity contribution in [1.29, 1.82) is 0 Å². The number of fused-ring (bicyclic) bond motifs is 1. The van der Waals surface area contributed by atoms with E-state index in [0.29, 0.717) is 0 Å². The predicted molar refractivity (Wildman–Crippen MR) is 73.0 cm³/mol. The molecule has 0 saturated heterocycles. The molecular formula is C13H6BrF4N3. The number of imidazole rings is 1. The van der Waals surface area contributed by atoms with Crippen molar-refractivity contribution in [3.8, 4) is 5.69 Å². The second-order valence-electron chi connectivity index (χ2n) is 4.25. The zero-order chi connectivity index (χ0) is 15.3. The molecule has 3 rings (SSSR count). The summed E-state index contributed by atoms with van der Waals surface area (Å²) in [4.78, 5) is 3.95. The molecule has 108 valence electrons. The number of halogens is 5. The number of rotatable bonds is 1. The van der Waals surface area contributed by atoms with E-state index in [1.807, 2.05) is 0 Å². The van der Waals surface area contributed by atoms with Crippen LogP contribution >= 0.6 is 15.9 Å². The SMILES string of the molecule is Nc1nc2cc(Br)c(F)cc2n1-c1ccc(F)c(F)c1F. The lowest BCUT2D eigenvalue weighted by atomic mass is 10.2. The lowest BCUT2D eigenvalue weighted by Gasteiger charge is -2.09. The molecule has 0 unspecified atom stereocenters. The number of nitrogen functional groups attached to an aromatic ring is 1. The molecular weight excluding hydrogens is 354 g/mol. The highest BCUT2D eigenvalue weighted by Gasteiger charge is 2.19. The van der Waals surface area contributed by atoms with Crippen molar-refractivity contribution >= 4 is 32.9 Å². The molecule has 21 heavy (non-hydrogen) atoms. The van der Waals surface area contributed by atoms with Gasteiger partial charge in [-0.1, -0.05) is 0 Å². The quantitative estimate of drug-likeness (QED) is 0.528. The summed E-state index contributed by atoms with van der Waals surface area (Å²) >= 11 is 2.99. The molecule has 0 saturated carbocycles. The topological polar surface area (TPSA) is 43.8 Å². The van der Waals surface area contributed by atoms with Crippen LogP contribution in [0.1, 0.15) is 0 Å². The molecule has 0 radical (unpaired) electrons. The molecule has 3 aromatic rings. The van der Waals surface area contributed by atoms with Crippen molar-refractivity contribution in [3.63, 3.8) is 0 Å². The monoisotopic (exact) mass is 359 g/mol. The largest absolute Gasteiger partial charge is 0.369 e. The van der Waals surface area contributed by atoms with Crippen molar-refractivity contribution < 1.29 is 17.6 Å². The van der Waals surface area contributed by atoms with Gasteiger partial charge in [0, 0.05) is 6.07 Å². The van der Waals surface area contributed by atoms with E-state index in [4.69, 9.17) is 5.73 Å². The molecule has 3 nitrogen and oxygen atoms in total. The Kier molecular flexibility index (Phi) is 3.12. The number of hydrogen-bond donors (Lipinski definition) is 1. The average Bonchev–Trinajstić information content (AvgIpc) is 2.73. The molecule has 2 N–H and O–H groups in total. The standard InChI is InChI=1S/C13H6BrF4N3/c14-5-3-8-10(4-7(5)16)21(13(19)20-8)9-2-1-6(15)11(17)12(9)18/h1-4H,(H2,19,20). The maximum atomic E-state index is 13.9. The molecule has 1 heterocycles. The van der Waals surface area contributed by atoms with E-state index in [1.54, 1.807) is 0 Å². The predicted octanol–water partition coefficient (Wildman–Crippen LogP) is 3.93. The van der Waals surface area contributed by atoms with Gasteiger partial charge in [-0.25, -0.2) is 22.5 Å². The highest BCUT2D eigenvalue weighted by atomic mass is 79.9. The summed E-state index contributed by atoms with van der Waals surface area (Å²) in [5.74, 6) is -5.18. The lowest BCUT2D eigenvalue weighted by Crippen LogP contribution is -2.05. The Morgan fingerprint density at radius 3 is 2.43 bits per heavy atom. The smallest absolute Gasteiger partial charge is 0.206 e. The number of nitrogens with two attached hydrogens (primary N) is 1. The summed E-state index contributed by atoms with van der Waals surface area (Å²) in [7, 11) is 0. The van der Waals surface area contributed by atoms with Crippen LogP contribution in [0.3, 0.4) is 0 Å². The fourth-order valence-electron chi connectivity index (χ4n) is 2.03. The van der Waals surface area contributed by atoms with Gasteiger partial charge < -0.3 is 5.73 Å². The number of hydrogen-bond acceptors (Lipinski definition) is 2. The summed E-state index contributed by atoms with van der Waals surface area (Å²) in [6, 6.07) is 4.19. The van der Waals surface area contributed by atoms with Crippen LogP contribution in [0.2, 0.25) is 0 Å². The molecule has 0 spiro atoms. The minimum Gasteiger partial charge on any atom is -0.369 e. The first-order valence-electron chi connectivity index (χ1n) is 5.67. The Bertz CT molecular complexity index is 876. The first kappa shape index (κ1) is 13.9. The summed E-state index contributed by atoms with van der Waals surface area (Å²) in [5, 5.41) is 0. The van der Waals surface area contributed by atoms with Gasteiger partial charge in [0.25, 0.3) is 0 Å². The Morgan fingerprint density at radius 2 is 1.71 bits per heavy atom. The van der Waals surface area contributed by atoms with E-state index in [9.17, 15) is 17.6 Å². The molecule has 0 atom stereocenters.